The minimum Gasteiger partial charge on any atom is -0.370 e. The number of hydrogen-bond acceptors (Lipinski definition) is 4. The molecule has 0 amide bonds. The van der Waals surface area contributed by atoms with E-state index in [-0.39, 0.29) is 5.97 Å². The lowest BCUT2D eigenvalue weighted by Crippen LogP contribution is -2.22. The van der Waals surface area contributed by atoms with Gasteiger partial charge in [-0.15, -0.1) is 0 Å². The number of nitrogens with one attached hydrogen (secondary N) is 1. The van der Waals surface area contributed by atoms with Gasteiger partial charge in [0.05, 0.1) is 6.42 Å². The highest BCUT2D eigenvalue weighted by molar-refractivity contribution is 5.72. The molecular weight excluding hydrogens is 228 g/mol. The van der Waals surface area contributed by atoms with Gasteiger partial charge in [0.1, 0.15) is 0 Å². The van der Waals surface area contributed by atoms with E-state index in [9.17, 15) is 4.79 Å². The molecule has 0 atom stereocenters. The van der Waals surface area contributed by atoms with Crippen molar-refractivity contribution in [3.05, 3.63) is 35.9 Å². The Morgan fingerprint density at radius 2 is 1.83 bits per heavy atom. The molecule has 0 aliphatic heterocycles. The summed E-state index contributed by atoms with van der Waals surface area (Å²) in [6.45, 7) is 1.45. The van der Waals surface area contributed by atoms with Gasteiger partial charge in [0.25, 0.3) is 0 Å². The van der Waals surface area contributed by atoms with Crippen LogP contribution >= 0.6 is 0 Å². The van der Waals surface area contributed by atoms with Gasteiger partial charge in [-0.1, -0.05) is 43.2 Å². The first-order valence-electron chi connectivity index (χ1n) is 6.49. The van der Waals surface area contributed by atoms with Gasteiger partial charge in [-0.05, 0) is 24.9 Å². The van der Waals surface area contributed by atoms with Crippen molar-refractivity contribution in [2.24, 2.45) is 5.73 Å². The Morgan fingerprint density at radius 1 is 1.11 bits per heavy atom. The van der Waals surface area contributed by atoms with Gasteiger partial charge >= 0.3 is 5.97 Å². The Hall–Kier alpha value is -1.39. The van der Waals surface area contributed by atoms with Crippen molar-refractivity contribution in [1.29, 1.82) is 0 Å². The summed E-state index contributed by atoms with van der Waals surface area (Å²) in [7, 11) is 0. The van der Waals surface area contributed by atoms with Crippen LogP contribution < -0.4 is 11.2 Å². The summed E-state index contributed by atoms with van der Waals surface area (Å²) in [5.41, 5.74) is 9.06. The molecule has 1 aromatic carbocycles. The van der Waals surface area contributed by atoms with E-state index in [1.165, 1.54) is 0 Å². The maximum atomic E-state index is 11.4. The summed E-state index contributed by atoms with van der Waals surface area (Å²) < 4.78 is 0. The summed E-state index contributed by atoms with van der Waals surface area (Å²) in [6, 6.07) is 9.57. The largest absolute Gasteiger partial charge is 0.370 e. The standard InChI is InChI=1S/C14H22N2O2/c15-10-6-1-2-7-11-16-18-14(17)12-13-8-4-3-5-9-13/h3-5,8-9,16H,1-2,6-7,10-12,15H2. The molecule has 100 valence electrons. The number of carbonyl (C=O) groups is 1. The van der Waals surface area contributed by atoms with Crippen LogP contribution in [0.4, 0.5) is 0 Å². The minimum atomic E-state index is -0.247. The summed E-state index contributed by atoms with van der Waals surface area (Å²) in [4.78, 5) is 16.4. The van der Waals surface area contributed by atoms with E-state index < -0.39 is 0 Å². The molecule has 0 heterocycles. The quantitative estimate of drug-likeness (QED) is 0.518. The lowest BCUT2D eigenvalue weighted by atomic mass is 10.2. The molecule has 0 aliphatic carbocycles. The van der Waals surface area contributed by atoms with Gasteiger partial charge in [-0.3, -0.25) is 4.79 Å². The van der Waals surface area contributed by atoms with Gasteiger partial charge in [0.2, 0.25) is 0 Å². The summed E-state index contributed by atoms with van der Waals surface area (Å²) in [5, 5.41) is 0. The number of unbranched alkanes of at least 4 members (excludes halogenated alkanes) is 3. The van der Waals surface area contributed by atoms with Gasteiger partial charge in [0.15, 0.2) is 0 Å². The number of benzene rings is 1. The zero-order chi connectivity index (χ0) is 13.1. The molecule has 0 aliphatic rings. The molecule has 1 aromatic rings. The fourth-order valence-electron chi connectivity index (χ4n) is 1.63. The van der Waals surface area contributed by atoms with Crippen molar-refractivity contribution >= 4 is 5.97 Å². The Balaban J connectivity index is 2.00. The first-order chi connectivity index (χ1) is 8.83. The van der Waals surface area contributed by atoms with E-state index in [1.54, 1.807) is 0 Å². The van der Waals surface area contributed by atoms with Gasteiger partial charge in [-0.2, -0.15) is 5.48 Å². The van der Waals surface area contributed by atoms with E-state index in [0.717, 1.165) is 37.8 Å². The average Bonchev–Trinajstić information content (AvgIpc) is 2.39. The van der Waals surface area contributed by atoms with E-state index in [4.69, 9.17) is 10.6 Å². The molecule has 0 aromatic heterocycles. The van der Waals surface area contributed by atoms with Crippen molar-refractivity contribution in [2.45, 2.75) is 32.1 Å². The van der Waals surface area contributed by atoms with Crippen LogP contribution in [0.5, 0.6) is 0 Å². The van der Waals surface area contributed by atoms with Crippen LogP contribution in [0.3, 0.4) is 0 Å². The van der Waals surface area contributed by atoms with E-state index in [1.807, 2.05) is 30.3 Å². The number of rotatable bonds is 9. The Bertz CT molecular complexity index is 328. The highest BCUT2D eigenvalue weighted by Crippen LogP contribution is 2.00. The topological polar surface area (TPSA) is 64.3 Å². The van der Waals surface area contributed by atoms with E-state index in [2.05, 4.69) is 5.48 Å². The minimum absolute atomic E-state index is 0.247. The molecular formula is C14H22N2O2. The third kappa shape index (κ3) is 7.04. The molecule has 1 rings (SSSR count). The monoisotopic (exact) mass is 250 g/mol. The molecule has 4 heteroatoms. The number of hydrogen-bond donors (Lipinski definition) is 2. The lowest BCUT2D eigenvalue weighted by Gasteiger charge is -2.05. The molecule has 0 bridgehead atoms. The smallest absolute Gasteiger partial charge is 0.329 e. The summed E-state index contributed by atoms with van der Waals surface area (Å²) >= 11 is 0. The Labute approximate surface area is 108 Å². The van der Waals surface area contributed by atoms with Crippen LogP contribution in [0.2, 0.25) is 0 Å². The first-order valence-corrected chi connectivity index (χ1v) is 6.49. The van der Waals surface area contributed by atoms with E-state index in [0.29, 0.717) is 13.0 Å². The Morgan fingerprint density at radius 3 is 2.56 bits per heavy atom. The van der Waals surface area contributed by atoms with Crippen molar-refractivity contribution in [3.63, 3.8) is 0 Å². The predicted molar refractivity (Wildman–Crippen MR) is 71.8 cm³/mol. The SMILES string of the molecule is NCCCCCCNOC(=O)Cc1ccccc1. The molecule has 18 heavy (non-hydrogen) atoms. The van der Waals surface area contributed by atoms with Crippen LogP contribution in [-0.2, 0) is 16.1 Å². The van der Waals surface area contributed by atoms with Gasteiger partial charge in [0, 0.05) is 6.54 Å². The number of carbonyl (C=O) groups excluding carboxylic acids is 1. The molecule has 0 unspecified atom stereocenters. The predicted octanol–water partition coefficient (Wildman–Crippen LogP) is 1.80. The highest BCUT2D eigenvalue weighted by atomic mass is 16.7. The van der Waals surface area contributed by atoms with Gasteiger partial charge in [-0.25, -0.2) is 0 Å². The Kier molecular flexibility index (Phi) is 7.84. The fraction of sp³-hybridized carbons (Fsp3) is 0.500. The van der Waals surface area contributed by atoms with Gasteiger partial charge < -0.3 is 10.6 Å². The second-order valence-electron chi connectivity index (χ2n) is 4.23. The molecule has 0 saturated heterocycles. The molecule has 3 N–H and O–H groups in total. The van der Waals surface area contributed by atoms with Crippen LogP contribution in [0.1, 0.15) is 31.2 Å². The average molecular weight is 250 g/mol. The van der Waals surface area contributed by atoms with Crippen LogP contribution in [-0.4, -0.2) is 19.1 Å². The van der Waals surface area contributed by atoms with Crippen LogP contribution in [0, 0.1) is 0 Å². The third-order valence-corrected chi connectivity index (χ3v) is 2.61. The summed E-state index contributed by atoms with van der Waals surface area (Å²) in [6.07, 6.45) is 4.62. The van der Waals surface area contributed by atoms with Crippen LogP contribution in [0.15, 0.2) is 30.3 Å². The summed E-state index contributed by atoms with van der Waals surface area (Å²) in [5.74, 6) is -0.247. The highest BCUT2D eigenvalue weighted by Gasteiger charge is 2.03. The first kappa shape index (κ1) is 14.7. The molecule has 0 saturated carbocycles. The zero-order valence-corrected chi connectivity index (χ0v) is 10.7. The van der Waals surface area contributed by atoms with Crippen molar-refractivity contribution in [2.75, 3.05) is 13.1 Å². The molecule has 0 spiro atoms. The maximum Gasteiger partial charge on any atom is 0.329 e. The van der Waals surface area contributed by atoms with Crippen molar-refractivity contribution < 1.29 is 9.63 Å². The second-order valence-corrected chi connectivity index (χ2v) is 4.23. The molecule has 0 fully saturated rings. The van der Waals surface area contributed by atoms with Crippen LogP contribution in [0.25, 0.3) is 0 Å². The number of nitrogens with two attached hydrogens (primary N) is 1. The number of hydroxylamine groups is 1. The maximum absolute atomic E-state index is 11.4. The van der Waals surface area contributed by atoms with E-state index >= 15 is 0 Å². The van der Waals surface area contributed by atoms with Crippen molar-refractivity contribution in [3.8, 4) is 0 Å². The molecule has 4 nitrogen and oxygen atoms in total. The fourth-order valence-corrected chi connectivity index (χ4v) is 1.63. The molecule has 0 radical (unpaired) electrons. The third-order valence-electron chi connectivity index (χ3n) is 2.61. The van der Waals surface area contributed by atoms with Crippen molar-refractivity contribution in [1.82, 2.24) is 5.48 Å². The zero-order valence-electron chi connectivity index (χ0n) is 10.7. The lowest BCUT2D eigenvalue weighted by molar-refractivity contribution is -0.150. The second kappa shape index (κ2) is 9.62. The normalized spacial score (nSPS) is 10.3.